The van der Waals surface area contributed by atoms with Gasteiger partial charge in [0.15, 0.2) is 0 Å². The fourth-order valence-corrected chi connectivity index (χ4v) is 2.41. The van der Waals surface area contributed by atoms with Gasteiger partial charge in [-0.05, 0) is 38.1 Å². The van der Waals surface area contributed by atoms with E-state index in [4.69, 9.17) is 11.6 Å². The minimum Gasteiger partial charge on any atom is -0.323 e. The van der Waals surface area contributed by atoms with E-state index in [1.807, 2.05) is 0 Å². The minimum absolute atomic E-state index is 0.118. The van der Waals surface area contributed by atoms with Crippen LogP contribution in [0.5, 0.6) is 0 Å². The molecule has 122 valence electrons. The average molecular weight is 339 g/mol. The van der Waals surface area contributed by atoms with E-state index < -0.39 is 11.9 Å². The number of carbonyl (C=O) groups is 1. The van der Waals surface area contributed by atoms with Crippen molar-refractivity contribution in [2.24, 2.45) is 0 Å². The number of hydrogen-bond acceptors (Lipinski definition) is 2. The number of halogens is 3. The van der Waals surface area contributed by atoms with Crippen LogP contribution in [0.2, 0.25) is 5.02 Å². The van der Waals surface area contributed by atoms with E-state index in [1.54, 1.807) is 32.0 Å². The quantitative estimate of drug-likeness (QED) is 0.853. The Labute approximate surface area is 138 Å². The summed E-state index contributed by atoms with van der Waals surface area (Å²) < 4.78 is 26.7. The Morgan fingerprint density at radius 2 is 1.83 bits per heavy atom. The van der Waals surface area contributed by atoms with Gasteiger partial charge in [0.05, 0.1) is 16.8 Å². The summed E-state index contributed by atoms with van der Waals surface area (Å²) >= 11 is 5.88. The van der Waals surface area contributed by atoms with Gasteiger partial charge in [-0.25, -0.2) is 8.78 Å². The largest absolute Gasteiger partial charge is 0.323 e. The number of hydrogen-bond donors (Lipinski definition) is 2. The van der Waals surface area contributed by atoms with Crippen molar-refractivity contribution in [2.45, 2.75) is 25.9 Å². The lowest BCUT2D eigenvalue weighted by molar-refractivity contribution is -0.117. The molecule has 3 nitrogen and oxygen atoms in total. The Balaban J connectivity index is 2.01. The van der Waals surface area contributed by atoms with Crippen LogP contribution in [0.4, 0.5) is 14.5 Å². The topological polar surface area (TPSA) is 41.1 Å². The van der Waals surface area contributed by atoms with E-state index in [0.29, 0.717) is 11.3 Å². The van der Waals surface area contributed by atoms with Crippen molar-refractivity contribution in [1.82, 2.24) is 5.32 Å². The summed E-state index contributed by atoms with van der Waals surface area (Å²) in [7, 11) is 0. The molecule has 0 aromatic heterocycles. The van der Waals surface area contributed by atoms with E-state index in [9.17, 15) is 13.6 Å². The fraction of sp³-hybridized carbons (Fsp3) is 0.235. The highest BCUT2D eigenvalue weighted by Crippen LogP contribution is 2.23. The molecule has 2 rings (SSSR count). The van der Waals surface area contributed by atoms with Crippen LogP contribution in [-0.2, 0) is 4.79 Å². The molecule has 0 spiro atoms. The number of anilines is 1. The van der Waals surface area contributed by atoms with E-state index in [-0.39, 0.29) is 22.8 Å². The Bertz CT molecular complexity index is 709. The van der Waals surface area contributed by atoms with Gasteiger partial charge in [-0.3, -0.25) is 10.1 Å². The average Bonchev–Trinajstić information content (AvgIpc) is 2.50. The van der Waals surface area contributed by atoms with Crippen molar-refractivity contribution in [3.8, 4) is 0 Å². The normalized spacial score (nSPS) is 13.4. The molecule has 1 amide bonds. The molecule has 0 aliphatic heterocycles. The molecule has 6 heteroatoms. The summed E-state index contributed by atoms with van der Waals surface area (Å²) in [5.74, 6) is -1.16. The first kappa shape index (κ1) is 17.4. The Morgan fingerprint density at radius 1 is 1.13 bits per heavy atom. The summed E-state index contributed by atoms with van der Waals surface area (Å²) in [6.45, 7) is 3.43. The van der Waals surface area contributed by atoms with Crippen molar-refractivity contribution in [3.63, 3.8) is 0 Å². The van der Waals surface area contributed by atoms with E-state index in [1.165, 1.54) is 18.2 Å². The molecule has 0 aliphatic carbocycles. The van der Waals surface area contributed by atoms with Crippen molar-refractivity contribution in [3.05, 3.63) is 64.7 Å². The summed E-state index contributed by atoms with van der Waals surface area (Å²) in [6.07, 6.45) is 0. The third-order valence-electron chi connectivity index (χ3n) is 3.45. The molecule has 2 aromatic carbocycles. The van der Waals surface area contributed by atoms with Gasteiger partial charge in [0.2, 0.25) is 5.91 Å². The van der Waals surface area contributed by atoms with E-state index in [0.717, 1.165) is 6.07 Å². The number of rotatable bonds is 5. The maximum absolute atomic E-state index is 13.7. The van der Waals surface area contributed by atoms with Crippen LogP contribution in [0.3, 0.4) is 0 Å². The third-order valence-corrected chi connectivity index (χ3v) is 3.77. The van der Waals surface area contributed by atoms with Crippen molar-refractivity contribution >= 4 is 23.2 Å². The van der Waals surface area contributed by atoms with Gasteiger partial charge >= 0.3 is 0 Å². The second-order valence-electron chi connectivity index (χ2n) is 5.24. The zero-order valence-corrected chi connectivity index (χ0v) is 13.5. The second-order valence-corrected chi connectivity index (χ2v) is 5.65. The fourth-order valence-electron chi connectivity index (χ4n) is 2.20. The zero-order valence-electron chi connectivity index (χ0n) is 12.7. The number of benzene rings is 2. The number of amides is 1. The van der Waals surface area contributed by atoms with Crippen molar-refractivity contribution in [2.75, 3.05) is 5.32 Å². The van der Waals surface area contributed by atoms with Crippen LogP contribution in [0.1, 0.15) is 25.5 Å². The molecule has 0 saturated carbocycles. The van der Waals surface area contributed by atoms with Gasteiger partial charge in [0, 0.05) is 11.6 Å². The summed E-state index contributed by atoms with van der Waals surface area (Å²) in [6, 6.07) is 9.16. The van der Waals surface area contributed by atoms with Gasteiger partial charge in [0.25, 0.3) is 0 Å². The van der Waals surface area contributed by atoms with Gasteiger partial charge in [-0.1, -0.05) is 29.8 Å². The van der Waals surface area contributed by atoms with Gasteiger partial charge in [-0.15, -0.1) is 0 Å². The molecule has 0 heterocycles. The molecule has 0 saturated heterocycles. The molecular weight excluding hydrogens is 322 g/mol. The lowest BCUT2D eigenvalue weighted by atomic mass is 10.1. The molecule has 0 bridgehead atoms. The summed E-state index contributed by atoms with van der Waals surface area (Å²) in [5.41, 5.74) is 0.803. The van der Waals surface area contributed by atoms with Crippen LogP contribution in [0, 0.1) is 11.6 Å². The first-order valence-electron chi connectivity index (χ1n) is 7.15. The van der Waals surface area contributed by atoms with Crippen LogP contribution in [0.25, 0.3) is 0 Å². The number of carbonyl (C=O) groups excluding carboxylic acids is 1. The molecule has 2 unspecified atom stereocenters. The van der Waals surface area contributed by atoms with Crippen molar-refractivity contribution < 1.29 is 13.6 Å². The molecule has 0 radical (unpaired) electrons. The standard InChI is InChI=1S/C17H17ClF2N2O/c1-10(13-5-3-4-6-15(13)20)21-11(2)17(23)22-16-8-7-12(19)9-14(16)18/h3-11,21H,1-2H3,(H,22,23). The SMILES string of the molecule is CC(NC(C)c1ccccc1F)C(=O)Nc1ccc(F)cc1Cl. The van der Waals surface area contributed by atoms with E-state index in [2.05, 4.69) is 10.6 Å². The highest BCUT2D eigenvalue weighted by molar-refractivity contribution is 6.33. The second kappa shape index (κ2) is 7.53. The monoisotopic (exact) mass is 338 g/mol. The molecule has 2 aromatic rings. The smallest absolute Gasteiger partial charge is 0.241 e. The van der Waals surface area contributed by atoms with Crippen LogP contribution in [-0.4, -0.2) is 11.9 Å². The van der Waals surface area contributed by atoms with Crippen LogP contribution >= 0.6 is 11.6 Å². The summed E-state index contributed by atoms with van der Waals surface area (Å²) in [4.78, 5) is 12.2. The lowest BCUT2D eigenvalue weighted by Gasteiger charge is -2.20. The molecule has 0 aliphatic rings. The van der Waals surface area contributed by atoms with Crippen LogP contribution < -0.4 is 10.6 Å². The van der Waals surface area contributed by atoms with Gasteiger partial charge in [0.1, 0.15) is 11.6 Å². The van der Waals surface area contributed by atoms with Gasteiger partial charge < -0.3 is 5.32 Å². The highest BCUT2D eigenvalue weighted by atomic mass is 35.5. The Kier molecular flexibility index (Phi) is 5.69. The molecular formula is C17H17ClF2N2O. The summed E-state index contributed by atoms with van der Waals surface area (Å²) in [5, 5.41) is 5.75. The first-order valence-corrected chi connectivity index (χ1v) is 7.52. The molecule has 2 atom stereocenters. The predicted octanol–water partition coefficient (Wildman–Crippen LogP) is 4.30. The van der Waals surface area contributed by atoms with Crippen molar-refractivity contribution in [1.29, 1.82) is 0 Å². The maximum atomic E-state index is 13.7. The predicted molar refractivity (Wildman–Crippen MR) is 87.5 cm³/mol. The van der Waals surface area contributed by atoms with Gasteiger partial charge in [-0.2, -0.15) is 0 Å². The molecule has 23 heavy (non-hydrogen) atoms. The lowest BCUT2D eigenvalue weighted by Crippen LogP contribution is -2.39. The zero-order chi connectivity index (χ0) is 17.0. The first-order chi connectivity index (χ1) is 10.9. The van der Waals surface area contributed by atoms with E-state index >= 15 is 0 Å². The minimum atomic E-state index is -0.592. The maximum Gasteiger partial charge on any atom is 0.241 e. The van der Waals surface area contributed by atoms with Crippen LogP contribution in [0.15, 0.2) is 42.5 Å². The Morgan fingerprint density at radius 3 is 2.48 bits per heavy atom. The molecule has 0 fully saturated rings. The molecule has 2 N–H and O–H groups in total. The highest BCUT2D eigenvalue weighted by Gasteiger charge is 2.19. The number of nitrogens with one attached hydrogen (secondary N) is 2. The third kappa shape index (κ3) is 4.50. The Hall–Kier alpha value is -1.98.